The smallest absolute Gasteiger partial charge is 0.300 e. The highest BCUT2D eigenvalue weighted by Crippen LogP contribution is 2.48. The van der Waals surface area contributed by atoms with E-state index in [1.165, 1.54) is 37.8 Å². The molecule has 1 aliphatic carbocycles. The van der Waals surface area contributed by atoms with Gasteiger partial charge in [0.15, 0.2) is 0 Å². The number of carboxylic acids is 1. The lowest BCUT2D eigenvalue weighted by Gasteiger charge is -2.45. The van der Waals surface area contributed by atoms with Gasteiger partial charge in [-0.15, -0.1) is 10.2 Å². The van der Waals surface area contributed by atoms with Gasteiger partial charge in [0.05, 0.1) is 6.42 Å². The van der Waals surface area contributed by atoms with Crippen LogP contribution in [0.4, 0.5) is 0 Å². The summed E-state index contributed by atoms with van der Waals surface area (Å²) in [6.45, 7) is 4.53. The van der Waals surface area contributed by atoms with Crippen molar-refractivity contribution < 1.29 is 9.90 Å². The van der Waals surface area contributed by atoms with E-state index in [9.17, 15) is 0 Å². The molecule has 8 heteroatoms. The lowest BCUT2D eigenvalue weighted by molar-refractivity contribution is -0.134. The zero-order valence-electron chi connectivity index (χ0n) is 18.1. The summed E-state index contributed by atoms with van der Waals surface area (Å²) in [4.78, 5) is 14.2. The molecule has 0 amide bonds. The second kappa shape index (κ2) is 9.57. The van der Waals surface area contributed by atoms with Crippen LogP contribution in [0.25, 0.3) is 0 Å². The number of carbonyl (C=O) groups is 1. The summed E-state index contributed by atoms with van der Waals surface area (Å²) in [7, 11) is 0. The second-order valence-corrected chi connectivity index (χ2v) is 9.63. The van der Waals surface area contributed by atoms with Gasteiger partial charge in [0, 0.05) is 43.7 Å². The monoisotopic (exact) mass is 445 g/mol. The van der Waals surface area contributed by atoms with Crippen molar-refractivity contribution in [1.29, 1.82) is 0 Å². The molecule has 4 aliphatic rings. The van der Waals surface area contributed by atoms with Gasteiger partial charge in [-0.3, -0.25) is 9.69 Å². The number of amidine groups is 2. The SMILES string of the molecule is CC(=O)O.NC1=NN=C(N2CCC(N3CC4CC4C[C@@H]3Cc3ccc(Cl)cc3)CC2)C1. The average Bonchev–Trinajstić information content (AvgIpc) is 3.37. The Morgan fingerprint density at radius 1 is 1.16 bits per heavy atom. The normalized spacial score (nSPS) is 28.2. The summed E-state index contributed by atoms with van der Waals surface area (Å²) < 4.78 is 0. The molecule has 0 radical (unpaired) electrons. The van der Waals surface area contributed by atoms with Gasteiger partial charge < -0.3 is 15.7 Å². The van der Waals surface area contributed by atoms with Crippen LogP contribution in [0.3, 0.4) is 0 Å². The molecule has 3 N–H and O–H groups in total. The van der Waals surface area contributed by atoms with Crippen LogP contribution >= 0.6 is 11.6 Å². The molecule has 1 aromatic rings. The third kappa shape index (κ3) is 5.77. The molecule has 0 bridgehead atoms. The first kappa shape index (κ1) is 22.1. The number of aliphatic carboxylic acids is 1. The summed E-state index contributed by atoms with van der Waals surface area (Å²) in [6.07, 6.45) is 7.11. The van der Waals surface area contributed by atoms with Crippen LogP contribution in [0.1, 0.15) is 44.6 Å². The second-order valence-electron chi connectivity index (χ2n) is 9.19. The van der Waals surface area contributed by atoms with Gasteiger partial charge in [0.1, 0.15) is 11.7 Å². The van der Waals surface area contributed by atoms with Gasteiger partial charge in [-0.25, -0.2) is 0 Å². The van der Waals surface area contributed by atoms with Crippen LogP contribution in [-0.4, -0.2) is 64.3 Å². The van der Waals surface area contributed by atoms with E-state index in [0.29, 0.717) is 17.9 Å². The van der Waals surface area contributed by atoms with Crippen molar-refractivity contribution in [2.24, 2.45) is 27.8 Å². The highest BCUT2D eigenvalue weighted by atomic mass is 35.5. The van der Waals surface area contributed by atoms with E-state index in [1.54, 1.807) is 0 Å². The molecule has 3 atom stereocenters. The third-order valence-electron chi connectivity index (χ3n) is 6.87. The maximum atomic E-state index is 9.00. The number of rotatable bonds is 3. The van der Waals surface area contributed by atoms with Gasteiger partial charge in [0.2, 0.25) is 0 Å². The first-order valence-corrected chi connectivity index (χ1v) is 11.6. The maximum Gasteiger partial charge on any atom is 0.300 e. The first-order valence-electron chi connectivity index (χ1n) is 11.2. The molecule has 0 spiro atoms. The first-order chi connectivity index (χ1) is 14.9. The summed E-state index contributed by atoms with van der Waals surface area (Å²) in [5.41, 5.74) is 7.20. The standard InChI is InChI=1S/C21H28ClN5.C2H4O2/c22-17-3-1-14(2-4-17)9-19-11-15-10-16(15)13-27(19)18-5-7-26(8-6-18)21-12-20(23)24-25-21;1-2(3)4/h1-4,15-16,18-19H,5-13H2,(H2,23,24);1H3,(H,3,4)/t15?,16?,19-;/m0./s1. The van der Waals surface area contributed by atoms with Crippen molar-refractivity contribution in [1.82, 2.24) is 9.80 Å². The van der Waals surface area contributed by atoms with Gasteiger partial charge >= 0.3 is 0 Å². The fraction of sp³-hybridized carbons (Fsp3) is 0.609. The molecule has 5 rings (SSSR count). The van der Waals surface area contributed by atoms with Crippen molar-refractivity contribution in [3.05, 3.63) is 34.9 Å². The number of carboxylic acid groups (broad SMARTS) is 1. The Morgan fingerprint density at radius 2 is 1.84 bits per heavy atom. The summed E-state index contributed by atoms with van der Waals surface area (Å²) in [5, 5.41) is 16.5. The Hall–Kier alpha value is -2.12. The molecule has 31 heavy (non-hydrogen) atoms. The van der Waals surface area contributed by atoms with E-state index >= 15 is 0 Å². The lowest BCUT2D eigenvalue weighted by Crippen LogP contribution is -2.53. The number of piperidine rings is 2. The molecular weight excluding hydrogens is 414 g/mol. The van der Waals surface area contributed by atoms with Crippen molar-refractivity contribution in [3.8, 4) is 0 Å². The molecule has 1 aromatic carbocycles. The summed E-state index contributed by atoms with van der Waals surface area (Å²) in [6, 6.07) is 9.82. The molecule has 2 saturated heterocycles. The van der Waals surface area contributed by atoms with Gasteiger partial charge in [0.25, 0.3) is 5.97 Å². The molecule has 1 saturated carbocycles. The molecule has 3 heterocycles. The van der Waals surface area contributed by atoms with E-state index in [0.717, 1.165) is 55.5 Å². The van der Waals surface area contributed by atoms with Crippen LogP contribution in [0.15, 0.2) is 34.5 Å². The fourth-order valence-electron chi connectivity index (χ4n) is 5.25. The number of hydrogen-bond donors (Lipinski definition) is 2. The third-order valence-corrected chi connectivity index (χ3v) is 7.13. The zero-order chi connectivity index (χ0) is 22.0. The number of fused-ring (bicyclic) bond motifs is 1. The highest BCUT2D eigenvalue weighted by molar-refractivity contribution is 6.30. The van der Waals surface area contributed by atoms with E-state index in [2.05, 4.69) is 32.1 Å². The van der Waals surface area contributed by atoms with Crippen molar-refractivity contribution in [2.45, 2.75) is 57.5 Å². The van der Waals surface area contributed by atoms with Crippen molar-refractivity contribution >= 4 is 29.2 Å². The quantitative estimate of drug-likeness (QED) is 0.744. The van der Waals surface area contributed by atoms with Gasteiger partial charge in [-0.2, -0.15) is 0 Å². The molecule has 2 unspecified atom stereocenters. The minimum Gasteiger partial charge on any atom is -0.481 e. The number of benzene rings is 1. The summed E-state index contributed by atoms with van der Waals surface area (Å²) in [5.74, 6) is 2.80. The van der Waals surface area contributed by atoms with Crippen LogP contribution < -0.4 is 5.73 Å². The topological polar surface area (TPSA) is 94.5 Å². The molecule has 3 aliphatic heterocycles. The Morgan fingerprint density at radius 3 is 2.45 bits per heavy atom. The molecule has 0 aromatic heterocycles. The van der Waals surface area contributed by atoms with Gasteiger partial charge in [-0.05, 0) is 61.6 Å². The fourth-order valence-corrected chi connectivity index (χ4v) is 5.38. The van der Waals surface area contributed by atoms with Gasteiger partial charge in [-0.1, -0.05) is 23.7 Å². The largest absolute Gasteiger partial charge is 0.481 e. The number of nitrogens with two attached hydrogens (primary N) is 1. The van der Waals surface area contributed by atoms with E-state index < -0.39 is 5.97 Å². The molecule has 3 fully saturated rings. The number of hydrogen-bond acceptors (Lipinski definition) is 6. The number of likely N-dealkylation sites (tertiary alicyclic amines) is 2. The van der Waals surface area contributed by atoms with E-state index in [-0.39, 0.29) is 0 Å². The maximum absolute atomic E-state index is 9.00. The number of halogens is 1. The van der Waals surface area contributed by atoms with Crippen LogP contribution in [-0.2, 0) is 11.2 Å². The van der Waals surface area contributed by atoms with Crippen LogP contribution in [0.2, 0.25) is 5.02 Å². The average molecular weight is 446 g/mol. The lowest BCUT2D eigenvalue weighted by atomic mass is 9.91. The van der Waals surface area contributed by atoms with E-state index in [1.807, 2.05) is 12.1 Å². The Labute approximate surface area is 188 Å². The Balaban J connectivity index is 0.000000535. The zero-order valence-corrected chi connectivity index (χ0v) is 18.8. The van der Waals surface area contributed by atoms with Crippen LogP contribution in [0.5, 0.6) is 0 Å². The minimum absolute atomic E-state index is 0.644. The minimum atomic E-state index is -0.833. The van der Waals surface area contributed by atoms with E-state index in [4.69, 9.17) is 27.2 Å². The summed E-state index contributed by atoms with van der Waals surface area (Å²) >= 11 is 6.07. The predicted molar refractivity (Wildman–Crippen MR) is 123 cm³/mol. The number of nitrogens with zero attached hydrogens (tertiary/aromatic N) is 4. The Kier molecular flexibility index (Phi) is 6.82. The molecular formula is C23H32ClN5O2. The highest BCUT2D eigenvalue weighted by Gasteiger charge is 2.47. The van der Waals surface area contributed by atoms with Crippen molar-refractivity contribution in [2.75, 3.05) is 19.6 Å². The van der Waals surface area contributed by atoms with Crippen LogP contribution in [0, 0.1) is 11.8 Å². The molecule has 168 valence electrons. The van der Waals surface area contributed by atoms with Crippen molar-refractivity contribution in [3.63, 3.8) is 0 Å². The predicted octanol–water partition coefficient (Wildman–Crippen LogP) is 3.22. The molecule has 7 nitrogen and oxygen atoms in total. The Bertz CT molecular complexity index is 844.